The summed E-state index contributed by atoms with van der Waals surface area (Å²) in [6.45, 7) is 0. The average Bonchev–Trinajstić information content (AvgIpc) is 2.41. The molecule has 0 aliphatic carbocycles. The van der Waals surface area contributed by atoms with Crippen molar-refractivity contribution in [2.24, 2.45) is 0 Å². The van der Waals surface area contributed by atoms with Gasteiger partial charge in [0, 0.05) is 0 Å². The quantitative estimate of drug-likeness (QED) is 0.396. The molecule has 5 nitrogen and oxygen atoms in total. The molecule has 0 aliphatic rings. The monoisotopic (exact) mass is 156 g/mol. The predicted octanol–water partition coefficient (Wildman–Crippen LogP) is -2.23. The van der Waals surface area contributed by atoms with Gasteiger partial charge in [0.1, 0.15) is 0 Å². The Morgan fingerprint density at radius 2 is 1.36 bits per heavy atom. The van der Waals surface area contributed by atoms with Crippen LogP contribution in [0.15, 0.2) is 29.1 Å². The molecule has 0 atom stereocenters. The normalized spacial score (nSPS) is 7.64. The number of carboxylic acids is 2. The summed E-state index contributed by atoms with van der Waals surface area (Å²) < 4.78 is 4.58. The first-order valence-corrected chi connectivity index (χ1v) is 2.54. The van der Waals surface area contributed by atoms with E-state index in [0.29, 0.717) is 0 Å². The standard InChI is InChI=1S/C4H4O.C2H2O4/c1-2-4-5-3-1;3-1(4)2(5)6/h1-4H;(H,3,4)(H,5,6)/p-2. The van der Waals surface area contributed by atoms with E-state index in [4.69, 9.17) is 19.8 Å². The first-order chi connectivity index (χ1) is 5.14. The van der Waals surface area contributed by atoms with Gasteiger partial charge in [-0.2, -0.15) is 0 Å². The number of carboxylic acid groups (broad SMARTS) is 2. The lowest BCUT2D eigenvalue weighted by atomic mass is 10.7. The highest BCUT2D eigenvalue weighted by Crippen LogP contribution is 1.79. The SMILES string of the molecule is O=C([O-])C(=O)[O-].c1ccoc1. The lowest BCUT2D eigenvalue weighted by Gasteiger charge is -1.97. The number of hydrogen-bond donors (Lipinski definition) is 0. The Kier molecular flexibility index (Phi) is 4.22. The molecular formula is C6H4O5-2. The maximum Gasteiger partial charge on any atom is 0.0902 e. The minimum atomic E-state index is -2.19. The van der Waals surface area contributed by atoms with Gasteiger partial charge >= 0.3 is 0 Å². The third-order valence-corrected chi connectivity index (χ3v) is 0.592. The number of carbonyl (C=O) groups excluding carboxylic acids is 2. The van der Waals surface area contributed by atoms with Crippen molar-refractivity contribution in [3.8, 4) is 0 Å². The highest BCUT2D eigenvalue weighted by atomic mass is 16.4. The summed E-state index contributed by atoms with van der Waals surface area (Å²) >= 11 is 0. The van der Waals surface area contributed by atoms with E-state index in [1.165, 1.54) is 0 Å². The van der Waals surface area contributed by atoms with Gasteiger partial charge in [-0.25, -0.2) is 0 Å². The van der Waals surface area contributed by atoms with Crippen molar-refractivity contribution in [3.05, 3.63) is 24.7 Å². The average molecular weight is 156 g/mol. The van der Waals surface area contributed by atoms with Gasteiger partial charge in [0.15, 0.2) is 0 Å². The van der Waals surface area contributed by atoms with Crippen LogP contribution >= 0.6 is 0 Å². The van der Waals surface area contributed by atoms with Crippen LogP contribution in [0, 0.1) is 0 Å². The molecule has 0 bridgehead atoms. The van der Waals surface area contributed by atoms with Gasteiger partial charge in [-0.3, -0.25) is 0 Å². The molecule has 1 rings (SSSR count). The molecule has 0 saturated heterocycles. The van der Waals surface area contributed by atoms with E-state index in [1.807, 2.05) is 12.1 Å². The Bertz CT molecular complexity index is 184. The number of rotatable bonds is 0. The highest BCUT2D eigenvalue weighted by Gasteiger charge is 1.74. The number of carbonyl (C=O) groups is 2. The molecule has 0 fully saturated rings. The van der Waals surface area contributed by atoms with Crippen LogP contribution in [0.25, 0.3) is 0 Å². The minimum absolute atomic E-state index is 1.62. The second kappa shape index (κ2) is 5.04. The fraction of sp³-hybridized carbons (Fsp3) is 0. The predicted molar refractivity (Wildman–Crippen MR) is 28.7 cm³/mol. The molecule has 5 heteroatoms. The molecule has 1 aromatic rings. The van der Waals surface area contributed by atoms with E-state index >= 15 is 0 Å². The summed E-state index contributed by atoms with van der Waals surface area (Å²) in [4.78, 5) is 17.9. The second-order valence-corrected chi connectivity index (χ2v) is 1.37. The molecule has 0 unspecified atom stereocenters. The molecule has 0 spiro atoms. The molecule has 1 heterocycles. The molecule has 1 aromatic heterocycles. The highest BCUT2D eigenvalue weighted by molar-refractivity contribution is 6.25. The van der Waals surface area contributed by atoms with E-state index in [0.717, 1.165) is 0 Å². The van der Waals surface area contributed by atoms with Gasteiger partial charge in [0.25, 0.3) is 0 Å². The third kappa shape index (κ3) is 6.10. The summed E-state index contributed by atoms with van der Waals surface area (Å²) in [5, 5.41) is 17.9. The first kappa shape index (κ1) is 9.22. The zero-order chi connectivity index (χ0) is 8.69. The second-order valence-electron chi connectivity index (χ2n) is 1.37. The fourth-order valence-corrected chi connectivity index (χ4v) is 0.227. The number of furan rings is 1. The Morgan fingerprint density at radius 3 is 1.45 bits per heavy atom. The van der Waals surface area contributed by atoms with Gasteiger partial charge in [-0.05, 0) is 12.1 Å². The van der Waals surface area contributed by atoms with E-state index < -0.39 is 11.9 Å². The summed E-state index contributed by atoms with van der Waals surface area (Å²) in [6, 6.07) is 3.67. The van der Waals surface area contributed by atoms with Crippen molar-refractivity contribution >= 4 is 11.9 Å². The van der Waals surface area contributed by atoms with Crippen LogP contribution in [0.3, 0.4) is 0 Å². The summed E-state index contributed by atoms with van der Waals surface area (Å²) in [5.74, 6) is -4.37. The molecular weight excluding hydrogens is 152 g/mol. The minimum Gasteiger partial charge on any atom is -0.543 e. The van der Waals surface area contributed by atoms with Gasteiger partial charge in [-0.15, -0.1) is 0 Å². The van der Waals surface area contributed by atoms with Crippen LogP contribution in [0.1, 0.15) is 0 Å². The van der Waals surface area contributed by atoms with Crippen molar-refractivity contribution in [2.75, 3.05) is 0 Å². The van der Waals surface area contributed by atoms with Crippen LogP contribution in [-0.2, 0) is 9.59 Å². The molecule has 0 saturated carbocycles. The van der Waals surface area contributed by atoms with Crippen molar-refractivity contribution in [3.63, 3.8) is 0 Å². The zero-order valence-electron chi connectivity index (χ0n) is 5.35. The van der Waals surface area contributed by atoms with Gasteiger partial charge in [-0.1, -0.05) is 0 Å². The Labute approximate surface area is 61.9 Å². The van der Waals surface area contributed by atoms with Crippen molar-refractivity contribution in [2.45, 2.75) is 0 Å². The van der Waals surface area contributed by atoms with Crippen LogP contribution in [0.5, 0.6) is 0 Å². The summed E-state index contributed by atoms with van der Waals surface area (Å²) in [6.07, 6.45) is 3.25. The number of hydrogen-bond acceptors (Lipinski definition) is 5. The topological polar surface area (TPSA) is 93.4 Å². The Balaban J connectivity index is 0.000000183. The van der Waals surface area contributed by atoms with Gasteiger partial charge < -0.3 is 24.2 Å². The van der Waals surface area contributed by atoms with Gasteiger partial charge in [0.2, 0.25) is 0 Å². The van der Waals surface area contributed by atoms with Crippen molar-refractivity contribution in [1.29, 1.82) is 0 Å². The van der Waals surface area contributed by atoms with Crippen LogP contribution in [0.4, 0.5) is 0 Å². The zero-order valence-corrected chi connectivity index (χ0v) is 5.35. The summed E-state index contributed by atoms with van der Waals surface area (Å²) in [5.41, 5.74) is 0. The van der Waals surface area contributed by atoms with E-state index in [2.05, 4.69) is 4.42 Å². The summed E-state index contributed by atoms with van der Waals surface area (Å²) in [7, 11) is 0. The van der Waals surface area contributed by atoms with Crippen LogP contribution in [-0.4, -0.2) is 11.9 Å². The smallest absolute Gasteiger partial charge is 0.0902 e. The Morgan fingerprint density at radius 1 is 1.00 bits per heavy atom. The first-order valence-electron chi connectivity index (χ1n) is 2.54. The van der Waals surface area contributed by atoms with E-state index in [9.17, 15) is 0 Å². The third-order valence-electron chi connectivity index (χ3n) is 0.592. The molecule has 0 N–H and O–H groups in total. The molecule has 0 aliphatic heterocycles. The van der Waals surface area contributed by atoms with E-state index in [1.54, 1.807) is 12.5 Å². The maximum absolute atomic E-state index is 8.93. The molecule has 11 heavy (non-hydrogen) atoms. The Hall–Kier alpha value is -1.78. The molecule has 0 amide bonds. The van der Waals surface area contributed by atoms with Crippen LogP contribution < -0.4 is 10.2 Å². The lowest BCUT2D eigenvalue weighted by molar-refractivity contribution is -0.345. The van der Waals surface area contributed by atoms with Crippen molar-refractivity contribution < 1.29 is 24.2 Å². The molecule has 0 radical (unpaired) electrons. The lowest BCUT2D eigenvalue weighted by Crippen LogP contribution is -2.42. The van der Waals surface area contributed by atoms with Gasteiger partial charge in [0.05, 0.1) is 24.5 Å². The molecule has 60 valence electrons. The fourth-order valence-electron chi connectivity index (χ4n) is 0.227. The largest absolute Gasteiger partial charge is 0.543 e. The number of aliphatic carboxylic acids is 2. The van der Waals surface area contributed by atoms with Crippen molar-refractivity contribution in [1.82, 2.24) is 0 Å². The maximum atomic E-state index is 8.93. The van der Waals surface area contributed by atoms with E-state index in [-0.39, 0.29) is 0 Å². The van der Waals surface area contributed by atoms with Crippen LogP contribution in [0.2, 0.25) is 0 Å². The molecule has 0 aromatic carbocycles.